The Morgan fingerprint density at radius 1 is 1.17 bits per heavy atom. The molecule has 124 valence electrons. The van der Waals surface area contributed by atoms with Gasteiger partial charge in [-0.15, -0.1) is 0 Å². The summed E-state index contributed by atoms with van der Waals surface area (Å²) in [6.07, 6.45) is 2.83. The number of hydrogen-bond donors (Lipinski definition) is 1. The molecule has 2 heterocycles. The lowest BCUT2D eigenvalue weighted by atomic mass is 9.98. The van der Waals surface area contributed by atoms with E-state index >= 15 is 0 Å². The molecule has 0 radical (unpaired) electrons. The van der Waals surface area contributed by atoms with Crippen molar-refractivity contribution in [1.82, 2.24) is 9.80 Å². The number of benzene rings is 1. The second kappa shape index (κ2) is 7.13. The van der Waals surface area contributed by atoms with Gasteiger partial charge in [0.1, 0.15) is 0 Å². The van der Waals surface area contributed by atoms with Crippen molar-refractivity contribution < 1.29 is 14.7 Å². The standard InChI is InChI=1S/C18H24N2O3/c21-17(20-10-3-7-16(13-20)18(22)23)8-4-9-19-11-14-5-1-2-6-15(14)12-19/h1-2,5-6,16H,3-4,7-13H2,(H,22,23)/t16-/m0/s1. The smallest absolute Gasteiger partial charge is 0.308 e. The van der Waals surface area contributed by atoms with Crippen LogP contribution >= 0.6 is 0 Å². The molecular formula is C18H24N2O3. The van der Waals surface area contributed by atoms with E-state index in [1.165, 1.54) is 11.1 Å². The Hall–Kier alpha value is -1.88. The quantitative estimate of drug-likeness (QED) is 0.904. The van der Waals surface area contributed by atoms with E-state index in [1.807, 2.05) is 0 Å². The number of carbonyl (C=O) groups excluding carboxylic acids is 1. The molecule has 0 bridgehead atoms. The minimum Gasteiger partial charge on any atom is -0.481 e. The molecular weight excluding hydrogens is 292 g/mol. The van der Waals surface area contributed by atoms with Gasteiger partial charge in [0.15, 0.2) is 0 Å². The van der Waals surface area contributed by atoms with Crippen LogP contribution in [0.1, 0.15) is 36.8 Å². The summed E-state index contributed by atoms with van der Waals surface area (Å²) in [7, 11) is 0. The van der Waals surface area contributed by atoms with E-state index in [4.69, 9.17) is 5.11 Å². The molecule has 5 heteroatoms. The molecule has 1 aromatic rings. The topological polar surface area (TPSA) is 60.9 Å². The first-order valence-electron chi connectivity index (χ1n) is 8.43. The Morgan fingerprint density at radius 3 is 2.52 bits per heavy atom. The molecule has 23 heavy (non-hydrogen) atoms. The zero-order chi connectivity index (χ0) is 16.2. The number of carboxylic acid groups (broad SMARTS) is 1. The summed E-state index contributed by atoms with van der Waals surface area (Å²) in [5.41, 5.74) is 2.78. The number of hydrogen-bond acceptors (Lipinski definition) is 3. The van der Waals surface area contributed by atoms with Crippen molar-refractivity contribution >= 4 is 11.9 Å². The molecule has 5 nitrogen and oxygen atoms in total. The fourth-order valence-corrected chi connectivity index (χ4v) is 3.58. The monoisotopic (exact) mass is 316 g/mol. The van der Waals surface area contributed by atoms with Crippen molar-refractivity contribution in [1.29, 1.82) is 0 Å². The minimum atomic E-state index is -0.780. The van der Waals surface area contributed by atoms with Crippen LogP contribution in [0.2, 0.25) is 0 Å². The predicted molar refractivity (Wildman–Crippen MR) is 86.7 cm³/mol. The third-order valence-electron chi connectivity index (χ3n) is 4.89. The Bertz CT molecular complexity index is 562. The first-order chi connectivity index (χ1) is 11.1. The van der Waals surface area contributed by atoms with E-state index in [2.05, 4.69) is 29.2 Å². The zero-order valence-corrected chi connectivity index (χ0v) is 13.4. The maximum Gasteiger partial charge on any atom is 0.308 e. The molecule has 1 atom stereocenters. The molecule has 0 aromatic heterocycles. The SMILES string of the molecule is O=C(O)[C@H]1CCCN(C(=O)CCCN2Cc3ccccc3C2)C1. The maximum absolute atomic E-state index is 12.3. The van der Waals surface area contributed by atoms with Crippen LogP contribution in [0.3, 0.4) is 0 Å². The normalized spacial score (nSPS) is 21.2. The van der Waals surface area contributed by atoms with Gasteiger partial charge in [-0.05, 0) is 36.9 Å². The van der Waals surface area contributed by atoms with E-state index in [0.29, 0.717) is 25.9 Å². The van der Waals surface area contributed by atoms with Gasteiger partial charge < -0.3 is 10.0 Å². The summed E-state index contributed by atoms with van der Waals surface area (Å²) in [6, 6.07) is 8.47. The van der Waals surface area contributed by atoms with Gasteiger partial charge in [-0.3, -0.25) is 14.5 Å². The molecule has 1 N–H and O–H groups in total. The fraction of sp³-hybridized carbons (Fsp3) is 0.556. The molecule has 0 saturated carbocycles. The Balaban J connectivity index is 1.41. The molecule has 2 aliphatic rings. The second-order valence-corrected chi connectivity index (χ2v) is 6.60. The summed E-state index contributed by atoms with van der Waals surface area (Å²) < 4.78 is 0. The molecule has 0 spiro atoms. The highest BCUT2D eigenvalue weighted by molar-refractivity contribution is 5.78. The predicted octanol–water partition coefficient (Wildman–Crippen LogP) is 2.11. The molecule has 1 saturated heterocycles. The summed E-state index contributed by atoms with van der Waals surface area (Å²) in [6.45, 7) is 3.93. The van der Waals surface area contributed by atoms with Gasteiger partial charge in [-0.1, -0.05) is 24.3 Å². The van der Waals surface area contributed by atoms with Crippen molar-refractivity contribution in [3.8, 4) is 0 Å². The Kier molecular flexibility index (Phi) is 4.96. The number of aliphatic carboxylic acids is 1. The van der Waals surface area contributed by atoms with Crippen LogP contribution in [-0.2, 0) is 22.7 Å². The van der Waals surface area contributed by atoms with Crippen LogP contribution in [0.25, 0.3) is 0 Å². The lowest BCUT2D eigenvalue weighted by Crippen LogP contribution is -2.42. The maximum atomic E-state index is 12.3. The summed E-state index contributed by atoms with van der Waals surface area (Å²) in [4.78, 5) is 27.5. The van der Waals surface area contributed by atoms with E-state index in [0.717, 1.165) is 32.5 Å². The van der Waals surface area contributed by atoms with Crippen molar-refractivity contribution in [2.75, 3.05) is 19.6 Å². The molecule has 3 rings (SSSR count). The van der Waals surface area contributed by atoms with Gasteiger partial charge in [0.05, 0.1) is 5.92 Å². The number of rotatable bonds is 5. The van der Waals surface area contributed by atoms with Gasteiger partial charge in [-0.25, -0.2) is 0 Å². The Morgan fingerprint density at radius 2 is 1.87 bits per heavy atom. The summed E-state index contributed by atoms with van der Waals surface area (Å²) in [5, 5.41) is 9.10. The van der Waals surface area contributed by atoms with Gasteiger partial charge >= 0.3 is 5.97 Å². The second-order valence-electron chi connectivity index (χ2n) is 6.60. The van der Waals surface area contributed by atoms with Crippen molar-refractivity contribution in [3.05, 3.63) is 35.4 Å². The van der Waals surface area contributed by atoms with E-state index in [-0.39, 0.29) is 11.8 Å². The highest BCUT2D eigenvalue weighted by Crippen LogP contribution is 2.22. The van der Waals surface area contributed by atoms with Crippen LogP contribution in [0.15, 0.2) is 24.3 Å². The lowest BCUT2D eigenvalue weighted by molar-refractivity contribution is -0.145. The van der Waals surface area contributed by atoms with Crippen molar-refractivity contribution in [3.63, 3.8) is 0 Å². The molecule has 1 amide bonds. The number of amides is 1. The van der Waals surface area contributed by atoms with Gasteiger partial charge in [0.25, 0.3) is 0 Å². The third-order valence-corrected chi connectivity index (χ3v) is 4.89. The first-order valence-corrected chi connectivity index (χ1v) is 8.43. The van der Waals surface area contributed by atoms with Gasteiger partial charge in [0, 0.05) is 32.6 Å². The van der Waals surface area contributed by atoms with Crippen LogP contribution < -0.4 is 0 Å². The van der Waals surface area contributed by atoms with Crippen LogP contribution in [-0.4, -0.2) is 46.4 Å². The van der Waals surface area contributed by atoms with Crippen LogP contribution in [0.4, 0.5) is 0 Å². The van der Waals surface area contributed by atoms with E-state index in [9.17, 15) is 9.59 Å². The highest BCUT2D eigenvalue weighted by atomic mass is 16.4. The van der Waals surface area contributed by atoms with Crippen LogP contribution in [0, 0.1) is 5.92 Å². The molecule has 0 unspecified atom stereocenters. The zero-order valence-electron chi connectivity index (χ0n) is 13.4. The first kappa shape index (κ1) is 16.0. The number of piperidine rings is 1. The number of nitrogens with zero attached hydrogens (tertiary/aromatic N) is 2. The Labute approximate surface area is 136 Å². The number of fused-ring (bicyclic) bond motifs is 1. The lowest BCUT2D eigenvalue weighted by Gasteiger charge is -2.31. The van der Waals surface area contributed by atoms with Crippen LogP contribution in [0.5, 0.6) is 0 Å². The molecule has 1 aromatic carbocycles. The van der Waals surface area contributed by atoms with E-state index < -0.39 is 5.97 Å². The average molecular weight is 316 g/mol. The molecule has 0 aliphatic carbocycles. The van der Waals surface area contributed by atoms with Gasteiger partial charge in [-0.2, -0.15) is 0 Å². The van der Waals surface area contributed by atoms with Gasteiger partial charge in [0.2, 0.25) is 5.91 Å². The number of likely N-dealkylation sites (tertiary alicyclic amines) is 1. The van der Waals surface area contributed by atoms with Crippen molar-refractivity contribution in [2.45, 2.75) is 38.8 Å². The number of carboxylic acids is 1. The summed E-state index contributed by atoms with van der Waals surface area (Å²) >= 11 is 0. The fourth-order valence-electron chi connectivity index (χ4n) is 3.58. The van der Waals surface area contributed by atoms with Crippen molar-refractivity contribution in [2.24, 2.45) is 5.92 Å². The largest absolute Gasteiger partial charge is 0.481 e. The summed E-state index contributed by atoms with van der Waals surface area (Å²) in [5.74, 6) is -1.06. The molecule has 2 aliphatic heterocycles. The third kappa shape index (κ3) is 3.91. The highest BCUT2D eigenvalue weighted by Gasteiger charge is 2.28. The average Bonchev–Trinajstić information content (AvgIpc) is 2.97. The van der Waals surface area contributed by atoms with E-state index in [1.54, 1.807) is 4.90 Å². The number of carbonyl (C=O) groups is 2. The molecule has 1 fully saturated rings. The minimum absolute atomic E-state index is 0.104.